The molecule has 3 rings (SSSR count). The maximum Gasteiger partial charge on any atom is 0.177 e. The summed E-state index contributed by atoms with van der Waals surface area (Å²) in [5, 5.41) is 0. The summed E-state index contributed by atoms with van der Waals surface area (Å²) in [5.74, 6) is 0.768. The van der Waals surface area contributed by atoms with Gasteiger partial charge in [0.1, 0.15) is 12.5 Å². The number of rotatable bonds is 5. The first kappa shape index (κ1) is 12.3. The zero-order valence-electron chi connectivity index (χ0n) is 10.7. The number of hydrogen-bond donors (Lipinski definition) is 0. The van der Waals surface area contributed by atoms with Gasteiger partial charge in [0.05, 0.1) is 22.3 Å². The van der Waals surface area contributed by atoms with Crippen molar-refractivity contribution < 1.29 is 9.15 Å². The molecule has 0 N–H and O–H groups in total. The lowest BCUT2D eigenvalue weighted by atomic mass is 10.2. The molecular formula is C14H15N2O2S. The van der Waals surface area contributed by atoms with Crippen LogP contribution >= 0.6 is 11.3 Å². The van der Waals surface area contributed by atoms with Crippen molar-refractivity contribution in [2.24, 2.45) is 0 Å². The number of nitrogens with zero attached hydrogens (tertiary/aromatic N) is 2. The molecule has 1 aliphatic heterocycles. The van der Waals surface area contributed by atoms with Crippen LogP contribution in [-0.2, 0) is 4.74 Å². The van der Waals surface area contributed by atoms with E-state index in [0.717, 1.165) is 35.6 Å². The van der Waals surface area contributed by atoms with Crippen LogP contribution in [-0.4, -0.2) is 11.2 Å². The van der Waals surface area contributed by atoms with Crippen molar-refractivity contribution in [1.82, 2.24) is 4.98 Å². The van der Waals surface area contributed by atoms with E-state index in [9.17, 15) is 0 Å². The summed E-state index contributed by atoms with van der Waals surface area (Å²) in [4.78, 5) is 7.10. The smallest absolute Gasteiger partial charge is 0.177 e. The van der Waals surface area contributed by atoms with E-state index in [0.29, 0.717) is 0 Å². The Morgan fingerprint density at radius 2 is 2.47 bits per heavy atom. The molecule has 19 heavy (non-hydrogen) atoms. The standard InChI is InChI=1S/C14H15N2O2S/c1-2-3-4-14-16(11-5-6-17-9-11)8-12(18-14)13-7-15-10-19-13/h5-7,9-10,14H,2-4H2,1H3. The lowest BCUT2D eigenvalue weighted by molar-refractivity contribution is 0.179. The molecule has 1 aliphatic rings. The summed E-state index contributed by atoms with van der Waals surface area (Å²) in [6.45, 7) is 2.18. The second kappa shape index (κ2) is 5.48. The highest BCUT2D eigenvalue weighted by atomic mass is 32.1. The molecule has 0 aromatic carbocycles. The predicted octanol–water partition coefficient (Wildman–Crippen LogP) is 3.89. The third-order valence-corrected chi connectivity index (χ3v) is 3.78. The Balaban J connectivity index is 1.83. The zero-order chi connectivity index (χ0) is 13.1. The number of ether oxygens (including phenoxy) is 1. The number of hydrogen-bond acceptors (Lipinski definition) is 5. The van der Waals surface area contributed by atoms with E-state index in [1.807, 2.05) is 17.2 Å². The van der Waals surface area contributed by atoms with E-state index in [-0.39, 0.29) is 6.23 Å². The molecule has 0 bridgehead atoms. The van der Waals surface area contributed by atoms with Crippen LogP contribution in [0.5, 0.6) is 0 Å². The molecule has 3 heterocycles. The maximum absolute atomic E-state index is 6.00. The summed E-state index contributed by atoms with van der Waals surface area (Å²) < 4.78 is 11.2. The Morgan fingerprint density at radius 3 is 3.16 bits per heavy atom. The van der Waals surface area contributed by atoms with Crippen LogP contribution in [0.2, 0.25) is 0 Å². The van der Waals surface area contributed by atoms with Crippen molar-refractivity contribution in [3.63, 3.8) is 0 Å². The molecule has 99 valence electrons. The minimum atomic E-state index is -0.00495. The number of furan rings is 1. The van der Waals surface area contributed by atoms with Gasteiger partial charge in [-0.15, -0.1) is 11.3 Å². The molecule has 0 saturated heterocycles. The first-order chi connectivity index (χ1) is 9.38. The minimum Gasteiger partial charge on any atom is -0.470 e. The SMILES string of the molecule is CCCCC1OC(c2cncs2)=[C]N1c1ccoc1. The fourth-order valence-electron chi connectivity index (χ4n) is 2.03. The zero-order valence-corrected chi connectivity index (χ0v) is 11.5. The average Bonchev–Trinajstić information content (AvgIpc) is 3.14. The van der Waals surface area contributed by atoms with Crippen LogP contribution in [0.3, 0.4) is 0 Å². The van der Waals surface area contributed by atoms with Crippen LogP contribution in [0.4, 0.5) is 5.69 Å². The van der Waals surface area contributed by atoms with Crippen molar-refractivity contribution in [3.8, 4) is 0 Å². The summed E-state index contributed by atoms with van der Waals surface area (Å²) in [6, 6.07) is 1.92. The molecule has 0 aliphatic carbocycles. The van der Waals surface area contributed by atoms with Gasteiger partial charge in [-0.3, -0.25) is 9.88 Å². The van der Waals surface area contributed by atoms with Gasteiger partial charge in [-0.2, -0.15) is 0 Å². The molecular weight excluding hydrogens is 260 g/mol. The highest BCUT2D eigenvalue weighted by molar-refractivity contribution is 7.10. The quantitative estimate of drug-likeness (QED) is 0.829. The van der Waals surface area contributed by atoms with Crippen LogP contribution in [0.25, 0.3) is 5.76 Å². The third kappa shape index (κ3) is 2.51. The second-order valence-corrected chi connectivity index (χ2v) is 5.26. The third-order valence-electron chi connectivity index (χ3n) is 3.01. The molecule has 2 aromatic rings. The molecule has 0 amide bonds. The van der Waals surface area contributed by atoms with Crippen molar-refractivity contribution in [2.75, 3.05) is 4.90 Å². The molecule has 0 fully saturated rings. The highest BCUT2D eigenvalue weighted by Crippen LogP contribution is 2.33. The molecule has 5 heteroatoms. The van der Waals surface area contributed by atoms with Crippen molar-refractivity contribution in [3.05, 3.63) is 41.4 Å². The number of anilines is 1. The van der Waals surface area contributed by atoms with Gasteiger partial charge in [-0.25, -0.2) is 0 Å². The maximum atomic E-state index is 6.00. The fourth-order valence-corrected chi connectivity index (χ4v) is 2.59. The molecule has 0 spiro atoms. The Hall–Kier alpha value is -1.75. The van der Waals surface area contributed by atoms with E-state index >= 15 is 0 Å². The molecule has 2 aromatic heterocycles. The highest BCUT2D eigenvalue weighted by Gasteiger charge is 2.29. The largest absolute Gasteiger partial charge is 0.470 e. The van der Waals surface area contributed by atoms with E-state index in [2.05, 4.69) is 18.1 Å². The van der Waals surface area contributed by atoms with E-state index < -0.39 is 0 Å². The first-order valence-electron chi connectivity index (χ1n) is 6.39. The Labute approximate surface area is 116 Å². The van der Waals surface area contributed by atoms with Crippen LogP contribution < -0.4 is 4.90 Å². The molecule has 1 atom stereocenters. The minimum absolute atomic E-state index is 0.00495. The van der Waals surface area contributed by atoms with Crippen molar-refractivity contribution in [1.29, 1.82) is 0 Å². The predicted molar refractivity (Wildman–Crippen MR) is 74.3 cm³/mol. The molecule has 1 unspecified atom stereocenters. The van der Waals surface area contributed by atoms with E-state index in [4.69, 9.17) is 9.15 Å². The van der Waals surface area contributed by atoms with Crippen molar-refractivity contribution >= 4 is 22.8 Å². The molecule has 0 saturated carbocycles. The Morgan fingerprint density at radius 1 is 1.53 bits per heavy atom. The average molecular weight is 275 g/mol. The number of thiazole rings is 1. The van der Waals surface area contributed by atoms with E-state index in [1.165, 1.54) is 0 Å². The van der Waals surface area contributed by atoms with Gasteiger partial charge in [-0.05, 0) is 6.42 Å². The normalized spacial score (nSPS) is 18.5. The summed E-state index contributed by atoms with van der Waals surface area (Å²) >= 11 is 1.56. The summed E-state index contributed by atoms with van der Waals surface area (Å²) in [5.41, 5.74) is 2.77. The van der Waals surface area contributed by atoms with Crippen LogP contribution in [0.15, 0.2) is 34.7 Å². The summed E-state index contributed by atoms with van der Waals surface area (Å²) in [6.07, 6.45) is 11.7. The monoisotopic (exact) mass is 275 g/mol. The van der Waals surface area contributed by atoms with Crippen molar-refractivity contribution in [2.45, 2.75) is 32.4 Å². The second-order valence-electron chi connectivity index (χ2n) is 4.37. The van der Waals surface area contributed by atoms with Gasteiger partial charge in [-0.1, -0.05) is 13.3 Å². The summed E-state index contributed by atoms with van der Waals surface area (Å²) in [7, 11) is 0. The van der Waals surface area contributed by atoms with Gasteiger partial charge < -0.3 is 9.15 Å². The van der Waals surface area contributed by atoms with Gasteiger partial charge >= 0.3 is 0 Å². The van der Waals surface area contributed by atoms with Gasteiger partial charge in [0.2, 0.25) is 0 Å². The van der Waals surface area contributed by atoms with Crippen LogP contribution in [0.1, 0.15) is 31.1 Å². The van der Waals surface area contributed by atoms with Gasteiger partial charge in [0.15, 0.2) is 12.0 Å². The van der Waals surface area contributed by atoms with Crippen LogP contribution in [0, 0.1) is 6.20 Å². The molecule has 1 radical (unpaired) electrons. The first-order valence-corrected chi connectivity index (χ1v) is 7.27. The number of aromatic nitrogens is 1. The molecule has 4 nitrogen and oxygen atoms in total. The van der Waals surface area contributed by atoms with E-state index in [1.54, 1.807) is 29.4 Å². The number of unbranched alkanes of at least 4 members (excludes halogenated alkanes) is 1. The Bertz CT molecular complexity index is 534. The fraction of sp³-hybridized carbons (Fsp3) is 0.357. The van der Waals surface area contributed by atoms with Gasteiger partial charge in [0, 0.05) is 18.7 Å². The van der Waals surface area contributed by atoms with Gasteiger partial charge in [0.25, 0.3) is 0 Å². The topological polar surface area (TPSA) is 38.5 Å². The lowest BCUT2D eigenvalue weighted by Gasteiger charge is -2.22. The lowest BCUT2D eigenvalue weighted by Crippen LogP contribution is -2.27. The Kier molecular flexibility index (Phi) is 3.55.